The van der Waals surface area contributed by atoms with Crippen LogP contribution in [0.3, 0.4) is 0 Å². The first kappa shape index (κ1) is 22.5. The second kappa shape index (κ2) is 7.50. The summed E-state index contributed by atoms with van der Waals surface area (Å²) in [6, 6.07) is 2.20. The van der Waals surface area contributed by atoms with Crippen molar-refractivity contribution < 1.29 is 33.7 Å². The number of carboxylic acid groups (broad SMARTS) is 1. The van der Waals surface area contributed by atoms with E-state index in [0.29, 0.717) is 51.8 Å². The first-order chi connectivity index (χ1) is 17.2. The number of fused-ring (bicyclic) bond motifs is 5. The molecule has 2 aromatic heterocycles. The van der Waals surface area contributed by atoms with Gasteiger partial charge in [0, 0.05) is 28.1 Å². The average molecular weight is 495 g/mol. The molecule has 3 aromatic rings. The van der Waals surface area contributed by atoms with E-state index >= 15 is 0 Å². The van der Waals surface area contributed by atoms with E-state index in [1.54, 1.807) is 13.0 Å². The van der Waals surface area contributed by atoms with E-state index in [2.05, 4.69) is 5.32 Å². The Hall–Kier alpha value is -3.99. The number of pyridine rings is 2. The van der Waals surface area contributed by atoms with Gasteiger partial charge in [0.15, 0.2) is 17.2 Å². The van der Waals surface area contributed by atoms with Crippen LogP contribution < -0.4 is 15.6 Å². The molecule has 6 rings (SSSR count). The van der Waals surface area contributed by atoms with Crippen molar-refractivity contribution in [2.24, 2.45) is 0 Å². The van der Waals surface area contributed by atoms with Gasteiger partial charge in [-0.15, -0.1) is 0 Å². The van der Waals surface area contributed by atoms with Crippen molar-refractivity contribution in [1.29, 1.82) is 0 Å². The number of hydrogen-bond acceptors (Lipinski definition) is 7. The summed E-state index contributed by atoms with van der Waals surface area (Å²) in [7, 11) is 1.38. The Kier molecular flexibility index (Phi) is 4.68. The maximum Gasteiger partial charge on any atom is 0.405 e. The van der Waals surface area contributed by atoms with Gasteiger partial charge < -0.3 is 29.6 Å². The Morgan fingerprint density at radius 2 is 2.11 bits per heavy atom. The summed E-state index contributed by atoms with van der Waals surface area (Å²) in [6.07, 6.45) is -0.461. The lowest BCUT2D eigenvalue weighted by atomic mass is 9.83. The van der Waals surface area contributed by atoms with E-state index in [-0.39, 0.29) is 36.4 Å². The summed E-state index contributed by atoms with van der Waals surface area (Å²) in [4.78, 5) is 42.3. The molecule has 186 valence electrons. The monoisotopic (exact) mass is 495 g/mol. The van der Waals surface area contributed by atoms with Gasteiger partial charge in [-0.05, 0) is 30.9 Å². The summed E-state index contributed by atoms with van der Waals surface area (Å²) in [5, 5.41) is 23.7. The standard InChI is InChI=1S/C25H22FN3O7/c1-3-25(34)13-6-17-20-11(8-29(17)22(30)12(13)9-36-23(25)31)19-15(28-24(32)33)5-4-10-18(19)16(27-20)7-14(26)21(10)35-2/h6-7,15,28,34H,3-5,8-9H2,1-2H3,(H,32,33)/t15?,25-/m0/s1. The zero-order valence-corrected chi connectivity index (χ0v) is 19.5. The van der Waals surface area contributed by atoms with Crippen LogP contribution in [0, 0.1) is 5.82 Å². The molecule has 0 spiro atoms. The van der Waals surface area contributed by atoms with Gasteiger partial charge in [-0.2, -0.15) is 0 Å². The number of aromatic nitrogens is 2. The number of aryl methyl sites for hydroxylation is 1. The third-order valence-electron chi connectivity index (χ3n) is 7.56. The van der Waals surface area contributed by atoms with E-state index in [1.807, 2.05) is 0 Å². The molecule has 0 saturated heterocycles. The highest BCUT2D eigenvalue weighted by atomic mass is 19.1. The maximum absolute atomic E-state index is 14.9. The summed E-state index contributed by atoms with van der Waals surface area (Å²) in [6.45, 7) is 1.46. The summed E-state index contributed by atoms with van der Waals surface area (Å²) < 4.78 is 26.9. The minimum Gasteiger partial charge on any atom is -0.493 e. The van der Waals surface area contributed by atoms with Gasteiger partial charge in [0.05, 0.1) is 42.2 Å². The zero-order chi connectivity index (χ0) is 25.5. The highest BCUT2D eigenvalue weighted by molar-refractivity contribution is 5.94. The Morgan fingerprint density at radius 3 is 2.81 bits per heavy atom. The van der Waals surface area contributed by atoms with Crippen LogP contribution in [0.25, 0.3) is 22.3 Å². The van der Waals surface area contributed by atoms with Crippen LogP contribution >= 0.6 is 0 Å². The molecule has 3 N–H and O–H groups in total. The molecular formula is C25H22FN3O7. The molecule has 0 saturated carbocycles. The van der Waals surface area contributed by atoms with Gasteiger partial charge in [-0.1, -0.05) is 6.92 Å². The van der Waals surface area contributed by atoms with Crippen LogP contribution in [0.1, 0.15) is 53.6 Å². The number of nitrogens with zero attached hydrogens (tertiary/aromatic N) is 2. The fourth-order valence-corrected chi connectivity index (χ4v) is 5.88. The van der Waals surface area contributed by atoms with E-state index in [0.717, 1.165) is 0 Å². The number of cyclic esters (lactones) is 1. The van der Waals surface area contributed by atoms with Gasteiger partial charge in [0.1, 0.15) is 6.61 Å². The SMILES string of the molecule is CC[C@@]1(O)C(=O)OCc2c1cc1n(c2=O)Cc2c-1nc1cc(F)c(OC)c3c1c2C(NC(=O)O)CC3. The molecule has 3 aliphatic rings. The first-order valence-corrected chi connectivity index (χ1v) is 11.6. The molecule has 1 unspecified atom stereocenters. The Bertz CT molecular complexity index is 1580. The highest BCUT2D eigenvalue weighted by Crippen LogP contribution is 2.47. The van der Waals surface area contributed by atoms with Crippen molar-refractivity contribution in [2.45, 2.75) is 51.0 Å². The van der Waals surface area contributed by atoms with Crippen molar-refractivity contribution in [3.63, 3.8) is 0 Å². The van der Waals surface area contributed by atoms with E-state index in [1.165, 1.54) is 17.7 Å². The Morgan fingerprint density at radius 1 is 1.33 bits per heavy atom. The van der Waals surface area contributed by atoms with Crippen molar-refractivity contribution >= 4 is 23.0 Å². The third kappa shape index (κ3) is 2.80. The minimum absolute atomic E-state index is 0.00392. The predicted octanol–water partition coefficient (Wildman–Crippen LogP) is 2.48. The molecule has 2 atom stereocenters. The molecular weight excluding hydrogens is 473 g/mol. The fraction of sp³-hybridized carbons (Fsp3) is 0.360. The number of methoxy groups -OCH3 is 1. The number of benzene rings is 1. The van der Waals surface area contributed by atoms with Gasteiger partial charge in [-0.25, -0.2) is 19.0 Å². The number of ether oxygens (including phenoxy) is 2. The molecule has 1 aromatic carbocycles. The second-order valence-electron chi connectivity index (χ2n) is 9.26. The number of halogens is 1. The highest BCUT2D eigenvalue weighted by Gasteiger charge is 2.46. The molecule has 2 aliphatic heterocycles. The minimum atomic E-state index is -1.98. The molecule has 11 heteroatoms. The lowest BCUT2D eigenvalue weighted by Gasteiger charge is -2.31. The molecule has 0 bridgehead atoms. The number of hydrogen-bond donors (Lipinski definition) is 3. The smallest absolute Gasteiger partial charge is 0.405 e. The third-order valence-corrected chi connectivity index (χ3v) is 7.56. The lowest BCUT2D eigenvalue weighted by molar-refractivity contribution is -0.172. The number of rotatable bonds is 3. The maximum atomic E-state index is 14.9. The van der Waals surface area contributed by atoms with Crippen LogP contribution in [0.2, 0.25) is 0 Å². The molecule has 0 radical (unpaired) electrons. The van der Waals surface area contributed by atoms with Crippen molar-refractivity contribution in [3.05, 3.63) is 56.1 Å². The van der Waals surface area contributed by atoms with Gasteiger partial charge >= 0.3 is 12.1 Å². The first-order valence-electron chi connectivity index (χ1n) is 11.6. The van der Waals surface area contributed by atoms with E-state index < -0.39 is 35.1 Å². The largest absolute Gasteiger partial charge is 0.493 e. The van der Waals surface area contributed by atoms with Crippen molar-refractivity contribution in [2.75, 3.05) is 7.11 Å². The summed E-state index contributed by atoms with van der Waals surface area (Å²) in [5.74, 6) is -1.33. The topological polar surface area (TPSA) is 140 Å². The molecule has 0 fully saturated rings. The number of aliphatic hydroxyl groups is 1. The Balaban J connectivity index is 1.68. The van der Waals surface area contributed by atoms with Crippen LogP contribution in [-0.2, 0) is 34.7 Å². The summed E-state index contributed by atoms with van der Waals surface area (Å²) >= 11 is 0. The van der Waals surface area contributed by atoms with Crippen LogP contribution in [0.15, 0.2) is 16.9 Å². The normalized spacial score (nSPS) is 21.4. The quantitative estimate of drug-likeness (QED) is 0.368. The summed E-state index contributed by atoms with van der Waals surface area (Å²) in [5.41, 5.74) is 0.842. The number of carbonyl (C=O) groups excluding carboxylic acids is 1. The van der Waals surface area contributed by atoms with Gasteiger partial charge in [0.25, 0.3) is 5.56 Å². The van der Waals surface area contributed by atoms with Gasteiger partial charge in [0.2, 0.25) is 0 Å². The van der Waals surface area contributed by atoms with E-state index in [4.69, 9.17) is 14.5 Å². The molecule has 1 aliphatic carbocycles. The van der Waals surface area contributed by atoms with Crippen molar-refractivity contribution in [3.8, 4) is 17.1 Å². The molecule has 4 heterocycles. The molecule has 36 heavy (non-hydrogen) atoms. The van der Waals surface area contributed by atoms with Crippen LogP contribution in [-0.4, -0.2) is 38.9 Å². The van der Waals surface area contributed by atoms with Crippen molar-refractivity contribution in [1.82, 2.24) is 14.9 Å². The number of carbonyl (C=O) groups is 2. The average Bonchev–Trinajstić information content (AvgIpc) is 3.21. The second-order valence-corrected chi connectivity index (χ2v) is 9.26. The number of esters is 1. The molecule has 1 amide bonds. The zero-order valence-electron chi connectivity index (χ0n) is 19.5. The molecule has 10 nitrogen and oxygen atoms in total. The van der Waals surface area contributed by atoms with Gasteiger partial charge in [-0.3, -0.25) is 4.79 Å². The lowest BCUT2D eigenvalue weighted by Crippen LogP contribution is -2.44. The Labute approximate surface area is 203 Å². The fourth-order valence-electron chi connectivity index (χ4n) is 5.88. The number of nitrogens with one attached hydrogen (secondary N) is 1. The van der Waals surface area contributed by atoms with E-state index in [9.17, 15) is 29.0 Å². The predicted molar refractivity (Wildman–Crippen MR) is 123 cm³/mol. The number of amides is 1. The van der Waals surface area contributed by atoms with Crippen LogP contribution in [0.5, 0.6) is 5.75 Å². The van der Waals surface area contributed by atoms with Crippen LogP contribution in [0.4, 0.5) is 9.18 Å².